The minimum Gasteiger partial charge on any atom is -0.300 e. The highest BCUT2D eigenvalue weighted by atomic mass is 35.5. The number of aliphatic imine (C=N–C) groups is 1. The van der Waals surface area contributed by atoms with Crippen molar-refractivity contribution in [3.8, 4) is 0 Å². The fourth-order valence-electron chi connectivity index (χ4n) is 2.22. The molecule has 0 atom stereocenters. The van der Waals surface area contributed by atoms with Gasteiger partial charge in [-0.25, -0.2) is 4.99 Å². The van der Waals surface area contributed by atoms with Gasteiger partial charge in [-0.2, -0.15) is 0 Å². The maximum atomic E-state index is 12.1. The summed E-state index contributed by atoms with van der Waals surface area (Å²) in [6.07, 6.45) is 4.72. The van der Waals surface area contributed by atoms with E-state index in [-0.39, 0.29) is 11.6 Å². The van der Waals surface area contributed by atoms with Crippen LogP contribution in [0.25, 0.3) is 6.08 Å². The Morgan fingerprint density at radius 1 is 1.15 bits per heavy atom. The fourth-order valence-corrected chi connectivity index (χ4v) is 3.34. The van der Waals surface area contributed by atoms with Gasteiger partial charge in [-0.15, -0.1) is 0 Å². The number of carbonyl (C=O) groups is 1. The summed E-state index contributed by atoms with van der Waals surface area (Å²) in [6.45, 7) is 0. The molecule has 9 heteroatoms. The minimum atomic E-state index is -0.455. The van der Waals surface area contributed by atoms with E-state index in [0.717, 1.165) is 11.8 Å². The molecule has 1 heterocycles. The predicted octanol–water partition coefficient (Wildman–Crippen LogP) is 5.35. The van der Waals surface area contributed by atoms with Crippen LogP contribution in [0.3, 0.4) is 0 Å². The van der Waals surface area contributed by atoms with Crippen LogP contribution in [-0.4, -0.2) is 16.0 Å². The van der Waals surface area contributed by atoms with Crippen LogP contribution in [0, 0.1) is 10.1 Å². The van der Waals surface area contributed by atoms with Crippen molar-refractivity contribution in [2.75, 3.05) is 0 Å². The molecule has 2 aromatic rings. The molecule has 136 valence electrons. The molecule has 1 N–H and O–H groups in total. The maximum Gasteiger partial charge on any atom is 0.276 e. The van der Waals surface area contributed by atoms with Crippen molar-refractivity contribution < 1.29 is 9.72 Å². The van der Waals surface area contributed by atoms with Crippen LogP contribution in [0.1, 0.15) is 5.56 Å². The van der Waals surface area contributed by atoms with Gasteiger partial charge in [0.1, 0.15) is 0 Å². The Morgan fingerprint density at radius 2 is 1.93 bits per heavy atom. The molecule has 1 saturated heterocycles. The van der Waals surface area contributed by atoms with E-state index in [1.54, 1.807) is 54.6 Å². The molecular weight excluding hydrogens is 409 g/mol. The number of nitrogens with zero attached hydrogens (tertiary/aromatic N) is 2. The lowest BCUT2D eigenvalue weighted by atomic mass is 10.1. The van der Waals surface area contributed by atoms with E-state index >= 15 is 0 Å². The van der Waals surface area contributed by atoms with E-state index in [1.807, 2.05) is 0 Å². The average Bonchev–Trinajstić information content (AvgIpc) is 2.98. The number of hydrogen-bond donors (Lipinski definition) is 1. The van der Waals surface area contributed by atoms with Crippen molar-refractivity contribution in [2.45, 2.75) is 0 Å². The third-order valence-corrected chi connectivity index (χ3v) is 5.20. The SMILES string of the molecule is O=C1NC(=Nc2cccc(Cl)c2Cl)S/C1=C/C=C/c1ccccc1[N+](=O)[O-]. The van der Waals surface area contributed by atoms with E-state index in [2.05, 4.69) is 10.3 Å². The molecule has 3 rings (SSSR count). The second kappa shape index (κ2) is 8.39. The quantitative estimate of drug-likeness (QED) is 0.411. The highest BCUT2D eigenvalue weighted by molar-refractivity contribution is 8.18. The van der Waals surface area contributed by atoms with Crippen LogP contribution < -0.4 is 5.32 Å². The summed E-state index contributed by atoms with van der Waals surface area (Å²) >= 11 is 13.2. The summed E-state index contributed by atoms with van der Waals surface area (Å²) in [5.41, 5.74) is 0.888. The first kappa shape index (κ1) is 19.2. The van der Waals surface area contributed by atoms with Crippen molar-refractivity contribution in [1.29, 1.82) is 0 Å². The van der Waals surface area contributed by atoms with Crippen LogP contribution >= 0.6 is 35.0 Å². The molecule has 0 aromatic heterocycles. The van der Waals surface area contributed by atoms with Crippen LogP contribution in [-0.2, 0) is 4.79 Å². The largest absolute Gasteiger partial charge is 0.300 e. The number of amidine groups is 1. The molecule has 0 saturated carbocycles. The number of benzene rings is 2. The smallest absolute Gasteiger partial charge is 0.276 e. The Hall–Kier alpha value is -2.61. The monoisotopic (exact) mass is 419 g/mol. The second-order valence-electron chi connectivity index (χ2n) is 5.25. The first-order valence-corrected chi connectivity index (χ1v) is 9.16. The predicted molar refractivity (Wildman–Crippen MR) is 110 cm³/mol. The van der Waals surface area contributed by atoms with E-state index in [4.69, 9.17) is 23.2 Å². The number of allylic oxidation sites excluding steroid dienone is 2. The van der Waals surface area contributed by atoms with Gasteiger partial charge < -0.3 is 5.32 Å². The molecule has 0 bridgehead atoms. The lowest BCUT2D eigenvalue weighted by molar-refractivity contribution is -0.385. The van der Waals surface area contributed by atoms with E-state index < -0.39 is 4.92 Å². The zero-order chi connectivity index (χ0) is 19.4. The highest BCUT2D eigenvalue weighted by Crippen LogP contribution is 2.34. The zero-order valence-corrected chi connectivity index (χ0v) is 15.9. The van der Waals surface area contributed by atoms with Crippen molar-refractivity contribution in [1.82, 2.24) is 5.32 Å². The van der Waals surface area contributed by atoms with Crippen molar-refractivity contribution in [3.63, 3.8) is 0 Å². The van der Waals surface area contributed by atoms with Crippen LogP contribution in [0.15, 0.2) is 64.5 Å². The Morgan fingerprint density at radius 3 is 2.70 bits per heavy atom. The molecule has 27 heavy (non-hydrogen) atoms. The topological polar surface area (TPSA) is 84.6 Å². The van der Waals surface area contributed by atoms with Gasteiger partial charge in [0.15, 0.2) is 5.17 Å². The maximum absolute atomic E-state index is 12.1. The Labute approximate surface area is 168 Å². The number of rotatable bonds is 4. The molecule has 2 aromatic carbocycles. The molecule has 1 aliphatic rings. The molecule has 0 aliphatic carbocycles. The number of hydrogen-bond acceptors (Lipinski definition) is 5. The van der Waals surface area contributed by atoms with Gasteiger partial charge in [-0.3, -0.25) is 14.9 Å². The van der Waals surface area contributed by atoms with E-state index in [0.29, 0.717) is 31.4 Å². The average molecular weight is 420 g/mol. The standard InChI is InChI=1S/C18H11Cl2N3O3S/c19-12-7-4-8-13(16(12)20)21-18-22-17(24)15(27-18)10-3-6-11-5-1-2-9-14(11)23(25)26/h1-10H,(H,21,22,24)/b6-3+,15-10+. The van der Waals surface area contributed by atoms with Gasteiger partial charge in [0.25, 0.3) is 11.6 Å². The van der Waals surface area contributed by atoms with E-state index in [1.165, 1.54) is 6.07 Å². The van der Waals surface area contributed by atoms with Crippen LogP contribution in [0.5, 0.6) is 0 Å². The van der Waals surface area contributed by atoms with E-state index in [9.17, 15) is 14.9 Å². The number of carbonyl (C=O) groups excluding carboxylic acids is 1. The van der Waals surface area contributed by atoms with Gasteiger partial charge in [0.05, 0.1) is 31.1 Å². The summed E-state index contributed by atoms with van der Waals surface area (Å²) in [6, 6.07) is 11.4. The second-order valence-corrected chi connectivity index (χ2v) is 7.07. The number of thioether (sulfide) groups is 1. The Kier molecular flexibility index (Phi) is 5.95. The van der Waals surface area contributed by atoms with Crippen molar-refractivity contribution >= 4 is 63.5 Å². The molecule has 1 fully saturated rings. The van der Waals surface area contributed by atoms with Crippen LogP contribution in [0.4, 0.5) is 11.4 Å². The summed E-state index contributed by atoms with van der Waals surface area (Å²) < 4.78 is 0. The Bertz CT molecular complexity index is 1020. The van der Waals surface area contributed by atoms with Gasteiger partial charge >= 0.3 is 0 Å². The summed E-state index contributed by atoms with van der Waals surface area (Å²) in [5.74, 6) is -0.316. The number of para-hydroxylation sites is 1. The molecule has 1 aliphatic heterocycles. The first-order valence-electron chi connectivity index (χ1n) is 7.59. The number of amides is 1. The van der Waals surface area contributed by atoms with Crippen molar-refractivity contribution in [2.24, 2.45) is 4.99 Å². The summed E-state index contributed by atoms with van der Waals surface area (Å²) in [5, 5.41) is 14.7. The molecule has 1 amide bonds. The number of nitro benzene ring substituents is 1. The number of nitro groups is 1. The number of nitrogens with one attached hydrogen (secondary N) is 1. The summed E-state index contributed by atoms with van der Waals surface area (Å²) in [4.78, 5) is 27.3. The fraction of sp³-hybridized carbons (Fsp3) is 0. The van der Waals surface area contributed by atoms with Gasteiger partial charge in [-0.05, 0) is 42.1 Å². The van der Waals surface area contributed by atoms with Gasteiger partial charge in [-0.1, -0.05) is 47.5 Å². The van der Waals surface area contributed by atoms with Crippen molar-refractivity contribution in [3.05, 3.63) is 85.2 Å². The normalized spacial score (nSPS) is 17.0. The number of halogens is 2. The third-order valence-electron chi connectivity index (χ3n) is 3.46. The minimum absolute atomic E-state index is 0.00599. The van der Waals surface area contributed by atoms with Gasteiger partial charge in [0, 0.05) is 6.07 Å². The Balaban J connectivity index is 1.79. The highest BCUT2D eigenvalue weighted by Gasteiger charge is 2.23. The zero-order valence-electron chi connectivity index (χ0n) is 13.6. The molecular formula is C18H11Cl2N3O3S. The molecule has 0 spiro atoms. The lowest BCUT2D eigenvalue weighted by Crippen LogP contribution is -2.19. The molecule has 0 unspecified atom stereocenters. The first-order chi connectivity index (χ1) is 13.0. The van der Waals surface area contributed by atoms with Gasteiger partial charge in [0.2, 0.25) is 0 Å². The molecule has 0 radical (unpaired) electrons. The lowest BCUT2D eigenvalue weighted by Gasteiger charge is -2.00. The third kappa shape index (κ3) is 4.57. The summed E-state index contributed by atoms with van der Waals surface area (Å²) in [7, 11) is 0. The molecule has 6 nitrogen and oxygen atoms in total. The van der Waals surface area contributed by atoms with Crippen LogP contribution in [0.2, 0.25) is 10.0 Å².